The minimum absolute atomic E-state index is 0.254. The predicted octanol–water partition coefficient (Wildman–Crippen LogP) is 3.54. The Balaban J connectivity index is 2.40. The molecule has 2 aromatic carbocycles. The summed E-state index contributed by atoms with van der Waals surface area (Å²) in [6.07, 6.45) is 1.31. The molecule has 1 atom stereocenters. The fourth-order valence-electron chi connectivity index (χ4n) is 2.79. The molecule has 7 nitrogen and oxygen atoms in total. The van der Waals surface area contributed by atoms with Crippen LogP contribution in [0.4, 0.5) is 11.4 Å². The molecule has 0 unspecified atom stereocenters. The molecule has 0 aliphatic rings. The van der Waals surface area contributed by atoms with Gasteiger partial charge in [0.15, 0.2) is 0 Å². The van der Waals surface area contributed by atoms with E-state index < -0.39 is 22.0 Å². The minimum Gasteiger partial charge on any atom is -0.497 e. The van der Waals surface area contributed by atoms with E-state index in [1.807, 2.05) is 0 Å². The van der Waals surface area contributed by atoms with Crippen molar-refractivity contribution in [2.24, 2.45) is 0 Å². The van der Waals surface area contributed by atoms with Gasteiger partial charge in [-0.25, -0.2) is 8.42 Å². The summed E-state index contributed by atoms with van der Waals surface area (Å²) in [6, 6.07) is 10.3. The third-order valence-electron chi connectivity index (χ3n) is 4.06. The summed E-state index contributed by atoms with van der Waals surface area (Å²) in [4.78, 5) is 13.0. The number of hydrogen-bond acceptors (Lipinski definition) is 5. The van der Waals surface area contributed by atoms with Crippen LogP contribution in [0.5, 0.6) is 11.5 Å². The van der Waals surface area contributed by atoms with E-state index in [9.17, 15) is 13.2 Å². The molecular weight excluding hydrogens is 404 g/mol. The molecule has 1 amide bonds. The maximum Gasteiger partial charge on any atom is 0.248 e. The maximum atomic E-state index is 13.0. The molecule has 0 saturated heterocycles. The topological polar surface area (TPSA) is 84.9 Å². The summed E-state index contributed by atoms with van der Waals surface area (Å²) in [6.45, 7) is 1.73. The van der Waals surface area contributed by atoms with Gasteiger partial charge in [-0.1, -0.05) is 24.6 Å². The zero-order valence-corrected chi connectivity index (χ0v) is 17.7. The lowest BCUT2D eigenvalue weighted by Crippen LogP contribution is -2.47. The number of ether oxygens (including phenoxy) is 2. The molecule has 0 saturated carbocycles. The molecule has 2 rings (SSSR count). The smallest absolute Gasteiger partial charge is 0.248 e. The van der Waals surface area contributed by atoms with E-state index >= 15 is 0 Å². The highest BCUT2D eigenvalue weighted by Crippen LogP contribution is 2.30. The van der Waals surface area contributed by atoms with Crippen molar-refractivity contribution in [2.75, 3.05) is 30.1 Å². The zero-order chi connectivity index (χ0) is 20.9. The van der Waals surface area contributed by atoms with Crippen molar-refractivity contribution >= 4 is 38.9 Å². The Bertz CT molecular complexity index is 949. The second kappa shape index (κ2) is 9.16. The SMILES string of the molecule is CC[C@H](C(=O)Nc1ccc(OC)cc1OC)N(c1cccc(Cl)c1)S(C)(=O)=O. The van der Waals surface area contributed by atoms with Crippen LogP contribution in [0.3, 0.4) is 0 Å². The maximum absolute atomic E-state index is 13.0. The van der Waals surface area contributed by atoms with E-state index in [0.717, 1.165) is 10.6 Å². The lowest BCUT2D eigenvalue weighted by molar-refractivity contribution is -0.117. The molecule has 2 aromatic rings. The van der Waals surface area contributed by atoms with Crippen LogP contribution >= 0.6 is 11.6 Å². The Morgan fingerprint density at radius 1 is 1.18 bits per heavy atom. The normalized spacial score (nSPS) is 12.2. The first kappa shape index (κ1) is 21.8. The van der Waals surface area contributed by atoms with Gasteiger partial charge in [-0.15, -0.1) is 0 Å². The van der Waals surface area contributed by atoms with Crippen LogP contribution in [-0.2, 0) is 14.8 Å². The first-order valence-corrected chi connectivity index (χ1v) is 10.7. The van der Waals surface area contributed by atoms with Crippen LogP contribution in [0.1, 0.15) is 13.3 Å². The highest BCUT2D eigenvalue weighted by Gasteiger charge is 2.32. The summed E-state index contributed by atoms with van der Waals surface area (Å²) in [5.74, 6) is 0.478. The van der Waals surface area contributed by atoms with Crippen LogP contribution in [-0.4, -0.2) is 40.8 Å². The van der Waals surface area contributed by atoms with Crippen LogP contribution in [0.15, 0.2) is 42.5 Å². The van der Waals surface area contributed by atoms with Crippen molar-refractivity contribution in [2.45, 2.75) is 19.4 Å². The number of amides is 1. The van der Waals surface area contributed by atoms with Gasteiger partial charge in [0, 0.05) is 11.1 Å². The number of methoxy groups -OCH3 is 2. The molecule has 0 aliphatic carbocycles. The van der Waals surface area contributed by atoms with Crippen LogP contribution in [0.2, 0.25) is 5.02 Å². The second-order valence-electron chi connectivity index (χ2n) is 6.02. The molecule has 0 aliphatic heterocycles. The van der Waals surface area contributed by atoms with Crippen molar-refractivity contribution in [3.05, 3.63) is 47.5 Å². The first-order valence-electron chi connectivity index (χ1n) is 8.49. The largest absolute Gasteiger partial charge is 0.497 e. The van der Waals surface area contributed by atoms with Crippen LogP contribution in [0, 0.1) is 0 Å². The number of anilines is 2. The Hall–Kier alpha value is -2.45. The molecule has 0 spiro atoms. The third kappa shape index (κ3) is 5.08. The molecule has 0 bridgehead atoms. The number of hydrogen-bond donors (Lipinski definition) is 1. The summed E-state index contributed by atoms with van der Waals surface area (Å²) in [5.41, 5.74) is 0.727. The van der Waals surface area contributed by atoms with Crippen molar-refractivity contribution in [1.82, 2.24) is 0 Å². The van der Waals surface area contributed by atoms with E-state index in [0.29, 0.717) is 27.9 Å². The van der Waals surface area contributed by atoms with Crippen molar-refractivity contribution in [3.8, 4) is 11.5 Å². The number of carbonyl (C=O) groups is 1. The van der Waals surface area contributed by atoms with E-state index in [4.69, 9.17) is 21.1 Å². The molecule has 1 N–H and O–H groups in total. The van der Waals surface area contributed by atoms with Gasteiger partial charge in [0.25, 0.3) is 0 Å². The van der Waals surface area contributed by atoms with Gasteiger partial charge in [-0.3, -0.25) is 9.10 Å². The molecule has 0 radical (unpaired) electrons. The van der Waals surface area contributed by atoms with Crippen molar-refractivity contribution in [1.29, 1.82) is 0 Å². The summed E-state index contributed by atoms with van der Waals surface area (Å²) in [7, 11) is -0.755. The Kier molecular flexibility index (Phi) is 7.15. The first-order chi connectivity index (χ1) is 13.2. The van der Waals surface area contributed by atoms with Gasteiger partial charge in [-0.2, -0.15) is 0 Å². The van der Waals surface area contributed by atoms with Crippen LogP contribution < -0.4 is 19.1 Å². The van der Waals surface area contributed by atoms with Gasteiger partial charge in [0.2, 0.25) is 15.9 Å². The van der Waals surface area contributed by atoms with Gasteiger partial charge in [0.1, 0.15) is 17.5 Å². The van der Waals surface area contributed by atoms with E-state index in [2.05, 4.69) is 5.32 Å². The molecule has 9 heteroatoms. The molecule has 0 fully saturated rings. The molecule has 152 valence electrons. The zero-order valence-electron chi connectivity index (χ0n) is 16.1. The van der Waals surface area contributed by atoms with Gasteiger partial charge < -0.3 is 14.8 Å². The van der Waals surface area contributed by atoms with Gasteiger partial charge in [-0.05, 0) is 36.8 Å². The number of carbonyl (C=O) groups excluding carboxylic acids is 1. The monoisotopic (exact) mass is 426 g/mol. The van der Waals surface area contributed by atoms with Crippen molar-refractivity contribution < 1.29 is 22.7 Å². The summed E-state index contributed by atoms with van der Waals surface area (Å²) in [5, 5.41) is 3.12. The number of rotatable bonds is 8. The van der Waals surface area contributed by atoms with E-state index in [1.54, 1.807) is 43.3 Å². The highest BCUT2D eigenvalue weighted by molar-refractivity contribution is 7.92. The predicted molar refractivity (Wildman–Crippen MR) is 111 cm³/mol. The van der Waals surface area contributed by atoms with E-state index in [1.165, 1.54) is 20.3 Å². The number of halogens is 1. The number of benzene rings is 2. The Labute approximate surface area is 170 Å². The lowest BCUT2D eigenvalue weighted by atomic mass is 10.1. The number of nitrogens with one attached hydrogen (secondary N) is 1. The van der Waals surface area contributed by atoms with Crippen molar-refractivity contribution in [3.63, 3.8) is 0 Å². The third-order valence-corrected chi connectivity index (χ3v) is 5.47. The van der Waals surface area contributed by atoms with Crippen LogP contribution in [0.25, 0.3) is 0 Å². The number of nitrogens with zero attached hydrogens (tertiary/aromatic N) is 1. The highest BCUT2D eigenvalue weighted by atomic mass is 35.5. The summed E-state index contributed by atoms with van der Waals surface area (Å²) >= 11 is 6.01. The molecular formula is C19H23ClN2O5S. The number of sulfonamides is 1. The quantitative estimate of drug-likeness (QED) is 0.697. The Morgan fingerprint density at radius 2 is 1.89 bits per heavy atom. The molecule has 0 heterocycles. The standard InChI is InChI=1S/C19H23ClN2O5S/c1-5-17(22(28(4,24)25)14-8-6-7-13(20)11-14)19(23)21-16-10-9-15(26-2)12-18(16)27-3/h6-12,17H,5H2,1-4H3,(H,21,23)/t17-/m1/s1. The fraction of sp³-hybridized carbons (Fsp3) is 0.316. The average Bonchev–Trinajstić information content (AvgIpc) is 2.65. The van der Waals surface area contributed by atoms with Gasteiger partial charge in [0.05, 0.1) is 31.9 Å². The van der Waals surface area contributed by atoms with E-state index in [-0.39, 0.29) is 6.42 Å². The fourth-order valence-corrected chi connectivity index (χ4v) is 4.18. The van der Waals surface area contributed by atoms with Gasteiger partial charge >= 0.3 is 0 Å². The Morgan fingerprint density at radius 3 is 2.43 bits per heavy atom. The lowest BCUT2D eigenvalue weighted by Gasteiger charge is -2.30. The molecule has 28 heavy (non-hydrogen) atoms. The minimum atomic E-state index is -3.75. The summed E-state index contributed by atoms with van der Waals surface area (Å²) < 4.78 is 36.4. The molecule has 0 aromatic heterocycles. The average molecular weight is 427 g/mol. The second-order valence-corrected chi connectivity index (χ2v) is 8.31.